The molecule has 3 atom stereocenters. The second-order valence-corrected chi connectivity index (χ2v) is 14.9. The third-order valence-electron chi connectivity index (χ3n) is 10.8. The van der Waals surface area contributed by atoms with Crippen LogP contribution in [0.2, 0.25) is 0 Å². The van der Waals surface area contributed by atoms with Crippen molar-refractivity contribution in [2.75, 3.05) is 54.9 Å². The molecule has 2 aromatic carbocycles. The molecule has 0 radical (unpaired) electrons. The molecular formula is C37H34F6N8OS. The molecule has 0 spiro atoms. The quantitative estimate of drug-likeness (QED) is 0.160. The van der Waals surface area contributed by atoms with E-state index in [2.05, 4.69) is 19.9 Å². The minimum Gasteiger partial charge on any atom is -0.461 e. The molecule has 16 heteroatoms. The van der Waals surface area contributed by atoms with Crippen LogP contribution in [0.4, 0.5) is 43.0 Å². The molecule has 3 aromatic heterocycles. The average molecular weight is 753 g/mol. The summed E-state index contributed by atoms with van der Waals surface area (Å²) in [6.45, 7) is 4.21. The number of pyridine rings is 1. The van der Waals surface area contributed by atoms with Crippen molar-refractivity contribution in [2.24, 2.45) is 0 Å². The van der Waals surface area contributed by atoms with Crippen LogP contribution in [-0.4, -0.2) is 76.9 Å². The van der Waals surface area contributed by atoms with E-state index in [0.29, 0.717) is 50.4 Å². The number of alkyl halides is 4. The first kappa shape index (κ1) is 35.2. The standard InChI is InChI=1S/C37H34F6N8OS/c1-2-51(21-9-13-49(18-21)27-6-3-4-11-46-27)34-23-14-25(37(41,42)43)29(22-7-8-26(39)32-28(22)24(16-44)33(45)53-32)30(40)31(23)47-35(48-34)52-19-36-10-5-12-50(36)17-20(38)15-36/h3-4,6-8,11,14,20-21H,2,5,9-10,12-13,15,17-19,45H2,1H3. The zero-order valence-corrected chi connectivity index (χ0v) is 29.4. The summed E-state index contributed by atoms with van der Waals surface area (Å²) >= 11 is 0.697. The number of halogens is 6. The van der Waals surface area contributed by atoms with Gasteiger partial charge in [-0.05, 0) is 62.6 Å². The number of rotatable bonds is 8. The number of nitrogens with zero attached hydrogens (tertiary/aromatic N) is 7. The Kier molecular flexibility index (Phi) is 8.76. The van der Waals surface area contributed by atoms with E-state index in [0.717, 1.165) is 30.4 Å². The fraction of sp³-hybridized carbons (Fsp3) is 0.405. The second-order valence-electron chi connectivity index (χ2n) is 13.8. The van der Waals surface area contributed by atoms with E-state index in [4.69, 9.17) is 10.5 Å². The minimum absolute atomic E-state index is 0.00871. The van der Waals surface area contributed by atoms with Crippen molar-refractivity contribution < 1.29 is 31.1 Å². The predicted octanol–water partition coefficient (Wildman–Crippen LogP) is 7.72. The molecule has 5 aromatic rings. The van der Waals surface area contributed by atoms with E-state index in [1.807, 2.05) is 34.9 Å². The fourth-order valence-electron chi connectivity index (χ4n) is 8.44. The van der Waals surface area contributed by atoms with Gasteiger partial charge in [0.15, 0.2) is 5.82 Å². The Labute approximate surface area is 304 Å². The highest BCUT2D eigenvalue weighted by Gasteiger charge is 2.49. The maximum absolute atomic E-state index is 17.3. The highest BCUT2D eigenvalue weighted by molar-refractivity contribution is 7.23. The van der Waals surface area contributed by atoms with Crippen LogP contribution < -0.4 is 20.3 Å². The number of nitriles is 1. The second kappa shape index (κ2) is 13.2. The van der Waals surface area contributed by atoms with Gasteiger partial charge in [0.1, 0.15) is 46.8 Å². The summed E-state index contributed by atoms with van der Waals surface area (Å²) in [4.78, 5) is 19.4. The van der Waals surface area contributed by atoms with Gasteiger partial charge in [-0.2, -0.15) is 28.4 Å². The first-order valence-electron chi connectivity index (χ1n) is 17.4. The number of nitrogen functional groups attached to an aromatic ring is 1. The van der Waals surface area contributed by atoms with Crippen LogP contribution in [0.3, 0.4) is 0 Å². The van der Waals surface area contributed by atoms with Gasteiger partial charge in [0.05, 0.1) is 21.4 Å². The maximum Gasteiger partial charge on any atom is 0.417 e. The smallest absolute Gasteiger partial charge is 0.417 e. The van der Waals surface area contributed by atoms with E-state index in [1.165, 1.54) is 0 Å². The van der Waals surface area contributed by atoms with Crippen LogP contribution in [0, 0.1) is 23.0 Å². The summed E-state index contributed by atoms with van der Waals surface area (Å²) in [5.41, 5.74) is 2.09. The number of likely N-dealkylation sites (N-methyl/N-ethyl adjacent to an activating group) is 1. The molecule has 0 amide bonds. The summed E-state index contributed by atoms with van der Waals surface area (Å²) in [6.07, 6.45) is -2.07. The zero-order valence-electron chi connectivity index (χ0n) is 28.6. The lowest BCUT2D eigenvalue weighted by Crippen LogP contribution is -2.43. The van der Waals surface area contributed by atoms with Crippen LogP contribution in [0.15, 0.2) is 42.6 Å². The van der Waals surface area contributed by atoms with Crippen LogP contribution >= 0.6 is 11.3 Å². The van der Waals surface area contributed by atoms with Crippen molar-refractivity contribution in [3.8, 4) is 23.2 Å². The minimum atomic E-state index is -5.09. The first-order chi connectivity index (χ1) is 25.4. The molecular weight excluding hydrogens is 719 g/mol. The number of hydrogen-bond donors (Lipinski definition) is 1. The fourth-order valence-corrected chi connectivity index (χ4v) is 9.39. The van der Waals surface area contributed by atoms with Gasteiger partial charge in [-0.3, -0.25) is 4.90 Å². The number of aromatic nitrogens is 3. The molecule has 3 fully saturated rings. The maximum atomic E-state index is 17.3. The molecule has 6 heterocycles. The third-order valence-corrected chi connectivity index (χ3v) is 11.8. The van der Waals surface area contributed by atoms with Gasteiger partial charge in [-0.25, -0.2) is 18.2 Å². The van der Waals surface area contributed by atoms with E-state index >= 15 is 17.6 Å². The van der Waals surface area contributed by atoms with Crippen molar-refractivity contribution in [1.29, 1.82) is 5.26 Å². The summed E-state index contributed by atoms with van der Waals surface area (Å²) in [6, 6.07) is 9.65. The summed E-state index contributed by atoms with van der Waals surface area (Å²) in [5, 5.41) is 9.36. The molecule has 3 aliphatic rings. The molecule has 9 nitrogen and oxygen atoms in total. The lowest BCUT2D eigenvalue weighted by molar-refractivity contribution is -0.137. The topological polar surface area (TPSA) is 107 Å². The molecule has 276 valence electrons. The van der Waals surface area contributed by atoms with Crippen molar-refractivity contribution in [2.45, 2.75) is 56.5 Å². The van der Waals surface area contributed by atoms with E-state index in [9.17, 15) is 14.0 Å². The number of anilines is 3. The van der Waals surface area contributed by atoms with Gasteiger partial charge in [0, 0.05) is 61.2 Å². The number of benzene rings is 2. The Balaban J connectivity index is 1.32. The number of fused-ring (bicyclic) bond motifs is 3. The lowest BCUT2D eigenvalue weighted by Gasteiger charge is -2.32. The van der Waals surface area contributed by atoms with Crippen molar-refractivity contribution in [1.82, 2.24) is 19.9 Å². The van der Waals surface area contributed by atoms with Gasteiger partial charge >= 0.3 is 12.2 Å². The number of ether oxygens (including phenoxy) is 1. The number of nitrogens with two attached hydrogens (primary N) is 1. The Morgan fingerprint density at radius 1 is 1.15 bits per heavy atom. The van der Waals surface area contributed by atoms with Crippen LogP contribution in [0.25, 0.3) is 32.1 Å². The molecule has 2 N–H and O–H groups in total. The first-order valence-corrected chi connectivity index (χ1v) is 18.2. The normalized spacial score (nSPS) is 21.8. The number of thiophene rings is 1. The van der Waals surface area contributed by atoms with Crippen molar-refractivity contribution in [3.63, 3.8) is 0 Å². The zero-order chi connectivity index (χ0) is 37.2. The Bertz CT molecular complexity index is 2260. The van der Waals surface area contributed by atoms with Gasteiger partial charge < -0.3 is 20.3 Å². The highest BCUT2D eigenvalue weighted by Crippen LogP contribution is 2.48. The predicted molar refractivity (Wildman–Crippen MR) is 191 cm³/mol. The monoisotopic (exact) mass is 752 g/mol. The van der Waals surface area contributed by atoms with Gasteiger partial charge in [0.2, 0.25) is 0 Å². The van der Waals surface area contributed by atoms with E-state index < -0.39 is 46.2 Å². The third kappa shape index (κ3) is 5.94. The van der Waals surface area contributed by atoms with Crippen LogP contribution in [0.5, 0.6) is 6.01 Å². The van der Waals surface area contributed by atoms with Crippen LogP contribution in [0.1, 0.15) is 43.7 Å². The largest absolute Gasteiger partial charge is 0.461 e. The summed E-state index contributed by atoms with van der Waals surface area (Å²) in [5.74, 6) is -1.35. The van der Waals surface area contributed by atoms with Gasteiger partial charge in [-0.1, -0.05) is 12.1 Å². The molecule has 0 aliphatic carbocycles. The molecule has 3 aliphatic heterocycles. The Morgan fingerprint density at radius 2 is 1.98 bits per heavy atom. The van der Waals surface area contributed by atoms with Crippen molar-refractivity contribution in [3.05, 3.63) is 65.4 Å². The molecule has 53 heavy (non-hydrogen) atoms. The lowest BCUT2D eigenvalue weighted by atomic mass is 9.92. The average Bonchev–Trinajstić information content (AvgIpc) is 3.91. The molecule has 8 rings (SSSR count). The SMILES string of the molecule is CCN(c1nc(OCC23CCCN2CC(F)C3)nc2c(F)c(-c3ccc(F)c4sc(N)c(C#N)c34)c(C(F)(F)F)cc12)C1CCN(c2ccccn2)C1. The van der Waals surface area contributed by atoms with Gasteiger partial charge in [0.25, 0.3) is 0 Å². The molecule has 0 bridgehead atoms. The van der Waals surface area contributed by atoms with Crippen LogP contribution in [-0.2, 0) is 6.18 Å². The molecule has 0 saturated carbocycles. The van der Waals surface area contributed by atoms with E-state index in [-0.39, 0.29) is 69.0 Å². The van der Waals surface area contributed by atoms with Gasteiger partial charge in [-0.15, -0.1) is 11.3 Å². The van der Waals surface area contributed by atoms with Crippen molar-refractivity contribution >= 4 is 49.0 Å². The number of hydrogen-bond acceptors (Lipinski definition) is 10. The summed E-state index contributed by atoms with van der Waals surface area (Å²) in [7, 11) is 0. The Morgan fingerprint density at radius 3 is 2.72 bits per heavy atom. The van der Waals surface area contributed by atoms with E-state index in [1.54, 1.807) is 12.3 Å². The molecule has 3 saturated heterocycles. The molecule has 3 unspecified atom stereocenters. The highest BCUT2D eigenvalue weighted by atomic mass is 32.1. The summed E-state index contributed by atoms with van der Waals surface area (Å²) < 4.78 is 98.3. The Hall–Kier alpha value is -4.88.